The van der Waals surface area contributed by atoms with Crippen molar-refractivity contribution in [1.29, 1.82) is 0 Å². The summed E-state index contributed by atoms with van der Waals surface area (Å²) in [6, 6.07) is 7.22. The number of carboxylic acid groups (broad SMARTS) is 1. The molecule has 1 fully saturated rings. The van der Waals surface area contributed by atoms with E-state index in [0.29, 0.717) is 18.4 Å². The SMILES string of the molecule is Cc1cccc(C(=O)NCCNC(=O)[C@@H]2CC[C@H](C(=O)O)O2)c1. The molecule has 2 atom stereocenters. The number of hydrogen-bond donors (Lipinski definition) is 3. The maximum atomic E-state index is 11.9. The molecule has 0 aromatic heterocycles. The molecular formula is C16H20N2O5. The Bertz CT molecular complexity index is 602. The molecule has 124 valence electrons. The lowest BCUT2D eigenvalue weighted by Gasteiger charge is -2.12. The van der Waals surface area contributed by atoms with E-state index in [4.69, 9.17) is 9.84 Å². The van der Waals surface area contributed by atoms with Crippen LogP contribution in [0.25, 0.3) is 0 Å². The van der Waals surface area contributed by atoms with E-state index in [2.05, 4.69) is 10.6 Å². The number of rotatable bonds is 6. The highest BCUT2D eigenvalue weighted by Gasteiger charge is 2.34. The predicted octanol–water partition coefficient (Wildman–Crippen LogP) is 0.473. The van der Waals surface area contributed by atoms with Gasteiger partial charge in [0, 0.05) is 18.7 Å². The van der Waals surface area contributed by atoms with E-state index in [1.807, 2.05) is 19.1 Å². The Labute approximate surface area is 134 Å². The van der Waals surface area contributed by atoms with E-state index in [9.17, 15) is 14.4 Å². The number of carbonyl (C=O) groups is 3. The molecule has 0 radical (unpaired) electrons. The van der Waals surface area contributed by atoms with Crippen LogP contribution in [0.2, 0.25) is 0 Å². The molecule has 7 nitrogen and oxygen atoms in total. The summed E-state index contributed by atoms with van der Waals surface area (Å²) < 4.78 is 5.15. The second kappa shape index (κ2) is 7.73. The Hall–Kier alpha value is -2.41. The van der Waals surface area contributed by atoms with Gasteiger partial charge in [-0.1, -0.05) is 17.7 Å². The number of amides is 2. The Morgan fingerprint density at radius 1 is 1.17 bits per heavy atom. The molecule has 1 aliphatic rings. The van der Waals surface area contributed by atoms with Gasteiger partial charge < -0.3 is 20.5 Å². The third kappa shape index (κ3) is 4.79. The number of nitrogens with one attached hydrogen (secondary N) is 2. The van der Waals surface area contributed by atoms with Gasteiger partial charge in [-0.15, -0.1) is 0 Å². The van der Waals surface area contributed by atoms with E-state index in [1.165, 1.54) is 0 Å². The molecule has 0 bridgehead atoms. The molecule has 1 aromatic rings. The van der Waals surface area contributed by atoms with Gasteiger partial charge in [0.25, 0.3) is 5.91 Å². The summed E-state index contributed by atoms with van der Waals surface area (Å²) in [7, 11) is 0. The summed E-state index contributed by atoms with van der Waals surface area (Å²) in [4.78, 5) is 34.5. The van der Waals surface area contributed by atoms with Gasteiger partial charge in [-0.3, -0.25) is 9.59 Å². The summed E-state index contributed by atoms with van der Waals surface area (Å²) in [6.45, 7) is 2.45. The van der Waals surface area contributed by atoms with Crippen LogP contribution in [0.3, 0.4) is 0 Å². The van der Waals surface area contributed by atoms with Gasteiger partial charge in [0.1, 0.15) is 6.10 Å². The molecule has 1 aromatic carbocycles. The van der Waals surface area contributed by atoms with Crippen molar-refractivity contribution in [3.63, 3.8) is 0 Å². The predicted molar refractivity (Wildman–Crippen MR) is 82.1 cm³/mol. The maximum Gasteiger partial charge on any atom is 0.332 e. The molecule has 0 aliphatic carbocycles. The van der Waals surface area contributed by atoms with Crippen molar-refractivity contribution >= 4 is 17.8 Å². The third-order valence-electron chi connectivity index (χ3n) is 3.58. The monoisotopic (exact) mass is 320 g/mol. The smallest absolute Gasteiger partial charge is 0.332 e. The summed E-state index contributed by atoms with van der Waals surface area (Å²) in [5, 5.41) is 14.2. The highest BCUT2D eigenvalue weighted by atomic mass is 16.5. The molecule has 0 saturated carbocycles. The van der Waals surface area contributed by atoms with Gasteiger partial charge in [0.2, 0.25) is 5.91 Å². The van der Waals surface area contributed by atoms with E-state index >= 15 is 0 Å². The Morgan fingerprint density at radius 2 is 1.87 bits per heavy atom. The molecule has 23 heavy (non-hydrogen) atoms. The van der Waals surface area contributed by atoms with Crippen LogP contribution in [0.5, 0.6) is 0 Å². The van der Waals surface area contributed by atoms with Crippen molar-refractivity contribution in [1.82, 2.24) is 10.6 Å². The van der Waals surface area contributed by atoms with Crippen molar-refractivity contribution in [3.05, 3.63) is 35.4 Å². The summed E-state index contributed by atoms with van der Waals surface area (Å²) in [5.41, 5.74) is 1.57. The van der Waals surface area contributed by atoms with Gasteiger partial charge in [-0.2, -0.15) is 0 Å². The molecule has 1 heterocycles. The minimum Gasteiger partial charge on any atom is -0.479 e. The zero-order valence-corrected chi connectivity index (χ0v) is 12.9. The fraction of sp³-hybridized carbons (Fsp3) is 0.438. The van der Waals surface area contributed by atoms with Crippen LogP contribution < -0.4 is 10.6 Å². The van der Waals surface area contributed by atoms with Crippen molar-refractivity contribution in [2.45, 2.75) is 32.0 Å². The van der Waals surface area contributed by atoms with Crippen molar-refractivity contribution in [2.75, 3.05) is 13.1 Å². The second-order valence-electron chi connectivity index (χ2n) is 5.45. The van der Waals surface area contributed by atoms with Gasteiger partial charge >= 0.3 is 5.97 Å². The largest absolute Gasteiger partial charge is 0.479 e. The third-order valence-corrected chi connectivity index (χ3v) is 3.58. The first-order chi connectivity index (χ1) is 11.0. The molecule has 1 saturated heterocycles. The van der Waals surface area contributed by atoms with E-state index in [-0.39, 0.29) is 24.9 Å². The standard InChI is InChI=1S/C16H20N2O5/c1-10-3-2-4-11(9-10)14(19)17-7-8-18-15(20)12-5-6-13(23-12)16(21)22/h2-4,9,12-13H,5-8H2,1H3,(H,17,19)(H,18,20)(H,21,22)/t12-,13+/m0/s1. The van der Waals surface area contributed by atoms with Gasteiger partial charge in [-0.25, -0.2) is 4.79 Å². The first-order valence-electron chi connectivity index (χ1n) is 7.48. The van der Waals surface area contributed by atoms with E-state index < -0.39 is 18.2 Å². The van der Waals surface area contributed by atoms with Gasteiger partial charge in [0.15, 0.2) is 6.10 Å². The molecular weight excluding hydrogens is 300 g/mol. The summed E-state index contributed by atoms with van der Waals surface area (Å²) in [6.07, 6.45) is -0.925. The number of benzene rings is 1. The van der Waals surface area contributed by atoms with Gasteiger partial charge in [0.05, 0.1) is 0 Å². The fourth-order valence-corrected chi connectivity index (χ4v) is 2.38. The molecule has 0 unspecified atom stereocenters. The lowest BCUT2D eigenvalue weighted by Crippen LogP contribution is -2.40. The van der Waals surface area contributed by atoms with Crippen LogP contribution in [0.4, 0.5) is 0 Å². The fourth-order valence-electron chi connectivity index (χ4n) is 2.38. The van der Waals surface area contributed by atoms with E-state index in [1.54, 1.807) is 12.1 Å². The summed E-state index contributed by atoms with van der Waals surface area (Å²) >= 11 is 0. The Kier molecular flexibility index (Phi) is 5.70. The minimum atomic E-state index is -1.05. The Morgan fingerprint density at radius 3 is 2.52 bits per heavy atom. The van der Waals surface area contributed by atoms with Crippen LogP contribution in [0, 0.1) is 6.92 Å². The lowest BCUT2D eigenvalue weighted by molar-refractivity contribution is -0.151. The first kappa shape index (κ1) is 17.0. The zero-order chi connectivity index (χ0) is 16.8. The number of carboxylic acids is 1. The minimum absolute atomic E-state index is 0.203. The highest BCUT2D eigenvalue weighted by molar-refractivity contribution is 5.94. The van der Waals surface area contributed by atoms with Crippen LogP contribution in [0.15, 0.2) is 24.3 Å². The first-order valence-corrected chi connectivity index (χ1v) is 7.48. The van der Waals surface area contributed by atoms with E-state index in [0.717, 1.165) is 5.56 Å². The normalized spacial score (nSPS) is 20.0. The average molecular weight is 320 g/mol. The van der Waals surface area contributed by atoms with Crippen LogP contribution >= 0.6 is 0 Å². The second-order valence-corrected chi connectivity index (χ2v) is 5.45. The number of aliphatic carboxylic acids is 1. The molecule has 2 rings (SSSR count). The average Bonchev–Trinajstić information content (AvgIpc) is 3.01. The van der Waals surface area contributed by atoms with Gasteiger partial charge in [-0.05, 0) is 31.9 Å². The zero-order valence-electron chi connectivity index (χ0n) is 12.9. The molecule has 3 N–H and O–H groups in total. The maximum absolute atomic E-state index is 11.9. The van der Waals surface area contributed by atoms with Crippen LogP contribution in [0.1, 0.15) is 28.8 Å². The van der Waals surface area contributed by atoms with Crippen LogP contribution in [-0.4, -0.2) is 48.2 Å². The van der Waals surface area contributed by atoms with Crippen LogP contribution in [-0.2, 0) is 14.3 Å². The molecule has 7 heteroatoms. The number of hydrogen-bond acceptors (Lipinski definition) is 4. The van der Waals surface area contributed by atoms with Crippen molar-refractivity contribution < 1.29 is 24.2 Å². The summed E-state index contributed by atoms with van der Waals surface area (Å²) in [5.74, 6) is -1.60. The quantitative estimate of drug-likeness (QED) is 0.661. The van der Waals surface area contributed by atoms with Crippen molar-refractivity contribution in [2.24, 2.45) is 0 Å². The number of aryl methyl sites for hydroxylation is 1. The van der Waals surface area contributed by atoms with Crippen molar-refractivity contribution in [3.8, 4) is 0 Å². The highest BCUT2D eigenvalue weighted by Crippen LogP contribution is 2.19. The Balaban J connectivity index is 1.68. The molecule has 0 spiro atoms. The number of carbonyl (C=O) groups excluding carboxylic acids is 2. The number of ether oxygens (including phenoxy) is 1. The topological polar surface area (TPSA) is 105 Å². The lowest BCUT2D eigenvalue weighted by atomic mass is 10.1. The molecule has 1 aliphatic heterocycles. The molecule has 2 amide bonds.